The number of hydrogen-bond donors (Lipinski definition) is 0. The number of ether oxygens (including phenoxy) is 3. The van der Waals surface area contributed by atoms with Gasteiger partial charge in [-0.2, -0.15) is 0 Å². The summed E-state index contributed by atoms with van der Waals surface area (Å²) in [5.74, 6) is 0.368. The first-order valence-electron chi connectivity index (χ1n) is 13.8. The molecule has 0 radical (unpaired) electrons. The number of esters is 1. The molecule has 1 spiro atoms. The van der Waals surface area contributed by atoms with Crippen molar-refractivity contribution in [2.75, 3.05) is 14.2 Å². The molecule has 2 aliphatic carbocycles. The fourth-order valence-electron chi connectivity index (χ4n) is 6.69. The zero-order chi connectivity index (χ0) is 27.9. The van der Waals surface area contributed by atoms with Crippen LogP contribution in [0.4, 0.5) is 4.39 Å². The summed E-state index contributed by atoms with van der Waals surface area (Å²) in [4.78, 5) is 12.4. The molecule has 0 heterocycles. The third-order valence-electron chi connectivity index (χ3n) is 8.73. The van der Waals surface area contributed by atoms with Crippen molar-refractivity contribution in [3.8, 4) is 16.9 Å². The third-order valence-corrected chi connectivity index (χ3v) is 8.73. The van der Waals surface area contributed by atoms with Crippen LogP contribution in [0.3, 0.4) is 0 Å². The Bertz CT molecular complexity index is 1390. The highest BCUT2D eigenvalue weighted by Gasteiger charge is 2.55. The number of fused-ring (bicyclic) bond motifs is 2. The van der Waals surface area contributed by atoms with Gasteiger partial charge in [0, 0.05) is 18.1 Å². The monoisotopic (exact) mass is 530 g/mol. The van der Waals surface area contributed by atoms with E-state index in [1.165, 1.54) is 24.3 Å². The summed E-state index contributed by atoms with van der Waals surface area (Å²) in [5, 5.41) is 0. The van der Waals surface area contributed by atoms with Gasteiger partial charge in [0.15, 0.2) is 0 Å². The van der Waals surface area contributed by atoms with Gasteiger partial charge < -0.3 is 14.2 Å². The van der Waals surface area contributed by atoms with Gasteiger partial charge in [-0.25, -0.2) is 4.39 Å². The maximum atomic E-state index is 15.0. The fourth-order valence-corrected chi connectivity index (χ4v) is 6.69. The minimum Gasteiger partial charge on any atom is -0.489 e. The number of methoxy groups -OCH3 is 2. The molecule has 3 aromatic carbocycles. The number of aryl methyl sites for hydroxylation is 2. The van der Waals surface area contributed by atoms with E-state index in [9.17, 15) is 9.18 Å². The lowest BCUT2D eigenvalue weighted by Crippen LogP contribution is -2.47. The molecule has 0 amide bonds. The Labute approximate surface area is 231 Å². The van der Waals surface area contributed by atoms with Gasteiger partial charge in [0.2, 0.25) is 0 Å². The van der Waals surface area contributed by atoms with Crippen molar-refractivity contribution in [1.82, 2.24) is 0 Å². The Hall–Kier alpha value is -3.18. The molecular weight excluding hydrogens is 491 g/mol. The fraction of sp³-hybridized carbons (Fsp3) is 0.441. The van der Waals surface area contributed by atoms with Gasteiger partial charge in [-0.15, -0.1) is 0 Å². The lowest BCUT2D eigenvalue weighted by Gasteiger charge is -2.46. The Kier molecular flexibility index (Phi) is 7.32. The van der Waals surface area contributed by atoms with E-state index in [1.54, 1.807) is 13.2 Å². The highest BCUT2D eigenvalue weighted by Crippen LogP contribution is 2.57. The van der Waals surface area contributed by atoms with Crippen LogP contribution >= 0.6 is 0 Å². The molecule has 0 saturated heterocycles. The summed E-state index contributed by atoms with van der Waals surface area (Å²) in [7, 11) is 3.18. The first kappa shape index (κ1) is 27.4. The van der Waals surface area contributed by atoms with Crippen molar-refractivity contribution in [2.24, 2.45) is 11.3 Å². The second-order valence-corrected chi connectivity index (χ2v) is 12.3. The molecule has 39 heavy (non-hydrogen) atoms. The van der Waals surface area contributed by atoms with Crippen LogP contribution in [0.25, 0.3) is 11.1 Å². The molecule has 0 bridgehead atoms. The summed E-state index contributed by atoms with van der Waals surface area (Å²) >= 11 is 0. The standard InChI is InChI=1S/C34H39FO4/c1-21-7-12-30(35)26(17-21)25-11-8-22(18-27(25)31(37-5)33(2,3)4)20-39-24-10-9-23-13-15-34(29(23)19-24)16-14-28(34)32(36)38-6/h7-12,17-19,28,31H,13-16,20H2,1-6H3/t28-,31-,34+/m1/s1. The molecule has 4 nitrogen and oxygen atoms in total. The minimum atomic E-state index is -0.247. The van der Waals surface area contributed by atoms with Crippen LogP contribution in [-0.4, -0.2) is 20.2 Å². The highest BCUT2D eigenvalue weighted by molar-refractivity contribution is 5.77. The van der Waals surface area contributed by atoms with E-state index in [1.807, 2.05) is 31.2 Å². The van der Waals surface area contributed by atoms with Crippen LogP contribution < -0.4 is 4.74 Å². The zero-order valence-corrected chi connectivity index (χ0v) is 23.9. The largest absolute Gasteiger partial charge is 0.489 e. The van der Waals surface area contributed by atoms with Gasteiger partial charge in [0.1, 0.15) is 18.2 Å². The van der Waals surface area contributed by atoms with E-state index in [4.69, 9.17) is 14.2 Å². The molecule has 3 atom stereocenters. The van der Waals surface area contributed by atoms with Crippen LogP contribution in [0.1, 0.15) is 74.0 Å². The Balaban J connectivity index is 1.44. The molecule has 5 rings (SSSR count). The second-order valence-electron chi connectivity index (χ2n) is 12.3. The number of rotatable bonds is 7. The normalized spacial score (nSPS) is 20.8. The van der Waals surface area contributed by atoms with Crippen LogP contribution in [0.5, 0.6) is 5.75 Å². The first-order chi connectivity index (χ1) is 18.6. The van der Waals surface area contributed by atoms with Crippen molar-refractivity contribution in [3.05, 3.63) is 88.2 Å². The molecule has 0 N–H and O–H groups in total. The molecular formula is C34H39FO4. The highest BCUT2D eigenvalue weighted by atomic mass is 19.1. The zero-order valence-electron chi connectivity index (χ0n) is 23.9. The molecule has 5 heteroatoms. The molecule has 206 valence electrons. The van der Waals surface area contributed by atoms with Crippen LogP contribution in [-0.2, 0) is 32.7 Å². The number of benzene rings is 3. The molecule has 2 aliphatic rings. The average Bonchev–Trinajstić information content (AvgIpc) is 3.29. The summed E-state index contributed by atoms with van der Waals surface area (Å²) in [6.45, 7) is 8.73. The predicted molar refractivity (Wildman–Crippen MR) is 151 cm³/mol. The molecule has 1 fully saturated rings. The molecule has 0 aromatic heterocycles. The van der Waals surface area contributed by atoms with Gasteiger partial charge in [0.25, 0.3) is 0 Å². The van der Waals surface area contributed by atoms with Crippen molar-refractivity contribution < 1.29 is 23.4 Å². The van der Waals surface area contributed by atoms with E-state index in [2.05, 4.69) is 39.0 Å². The smallest absolute Gasteiger partial charge is 0.309 e. The van der Waals surface area contributed by atoms with E-state index >= 15 is 0 Å². The summed E-state index contributed by atoms with van der Waals surface area (Å²) in [5.41, 5.74) is 6.57. The topological polar surface area (TPSA) is 44.8 Å². The SMILES string of the molecule is COC(=O)[C@H]1CC[C@@]12CCc1ccc(OCc3ccc(-c4cc(C)ccc4F)c([C@@H](OC)C(C)(C)C)c3)cc12. The number of carbonyl (C=O) groups is 1. The van der Waals surface area contributed by atoms with Crippen molar-refractivity contribution >= 4 is 5.97 Å². The van der Waals surface area contributed by atoms with Gasteiger partial charge in [-0.3, -0.25) is 4.79 Å². The lowest BCUT2D eigenvalue weighted by atomic mass is 9.57. The summed E-state index contributed by atoms with van der Waals surface area (Å²) in [6, 6.07) is 17.6. The summed E-state index contributed by atoms with van der Waals surface area (Å²) < 4.78 is 32.4. The number of carbonyl (C=O) groups excluding carboxylic acids is 1. The quantitative estimate of drug-likeness (QED) is 0.292. The van der Waals surface area contributed by atoms with E-state index in [-0.39, 0.29) is 34.6 Å². The van der Waals surface area contributed by atoms with Crippen molar-refractivity contribution in [2.45, 2.75) is 71.5 Å². The van der Waals surface area contributed by atoms with Gasteiger partial charge in [-0.05, 0) is 96.2 Å². The average molecular weight is 531 g/mol. The van der Waals surface area contributed by atoms with E-state index < -0.39 is 0 Å². The maximum absolute atomic E-state index is 15.0. The molecule has 0 aliphatic heterocycles. The van der Waals surface area contributed by atoms with E-state index in [0.29, 0.717) is 12.2 Å². The van der Waals surface area contributed by atoms with Gasteiger partial charge in [0.05, 0.1) is 19.1 Å². The Morgan fingerprint density at radius 3 is 2.49 bits per heavy atom. The molecule has 0 unspecified atom stereocenters. The Morgan fingerprint density at radius 1 is 1.03 bits per heavy atom. The Morgan fingerprint density at radius 2 is 1.82 bits per heavy atom. The second kappa shape index (κ2) is 10.4. The van der Waals surface area contributed by atoms with Gasteiger partial charge in [-0.1, -0.05) is 50.6 Å². The molecule has 3 aromatic rings. The third kappa shape index (κ3) is 4.98. The van der Waals surface area contributed by atoms with Gasteiger partial charge >= 0.3 is 5.97 Å². The minimum absolute atomic E-state index is 0.0699. The van der Waals surface area contributed by atoms with Crippen LogP contribution in [0, 0.1) is 24.1 Å². The van der Waals surface area contributed by atoms with Crippen LogP contribution in [0.15, 0.2) is 54.6 Å². The lowest BCUT2D eigenvalue weighted by molar-refractivity contribution is -0.153. The van der Waals surface area contributed by atoms with Crippen molar-refractivity contribution in [1.29, 1.82) is 0 Å². The van der Waals surface area contributed by atoms with Crippen LogP contribution in [0.2, 0.25) is 0 Å². The summed E-state index contributed by atoms with van der Waals surface area (Å²) in [6.07, 6.45) is 3.61. The maximum Gasteiger partial charge on any atom is 0.309 e. The number of hydrogen-bond acceptors (Lipinski definition) is 4. The van der Waals surface area contributed by atoms with Crippen molar-refractivity contribution in [3.63, 3.8) is 0 Å². The first-order valence-corrected chi connectivity index (χ1v) is 13.8. The van der Waals surface area contributed by atoms with E-state index in [0.717, 1.165) is 53.7 Å². The predicted octanol–water partition coefficient (Wildman–Crippen LogP) is 7.88. The molecule has 1 saturated carbocycles. The number of halogens is 1.